The summed E-state index contributed by atoms with van der Waals surface area (Å²) in [5.41, 5.74) is -0.00163. The Bertz CT molecular complexity index is 217. The number of rotatable bonds is 10. The van der Waals surface area contributed by atoms with Crippen molar-refractivity contribution in [2.45, 2.75) is 85.4 Å². The van der Waals surface area contributed by atoms with E-state index in [4.69, 9.17) is 8.85 Å². The monoisotopic (exact) mass is 274 g/mol. The Labute approximate surface area is 116 Å². The normalized spacial score (nSPS) is 16.0. The van der Waals surface area contributed by atoms with Gasteiger partial charge in [-0.1, -0.05) is 40.5 Å². The van der Waals surface area contributed by atoms with Crippen molar-refractivity contribution in [2.24, 2.45) is 5.92 Å². The third-order valence-electron chi connectivity index (χ3n) is 3.38. The van der Waals surface area contributed by atoms with Crippen LogP contribution < -0.4 is 0 Å². The molecule has 0 amide bonds. The van der Waals surface area contributed by atoms with Crippen molar-refractivity contribution in [2.75, 3.05) is 6.61 Å². The zero-order chi connectivity index (χ0) is 14.2. The summed E-state index contributed by atoms with van der Waals surface area (Å²) in [5, 5.41) is 0. The summed E-state index contributed by atoms with van der Waals surface area (Å²) < 4.78 is 12.3. The van der Waals surface area contributed by atoms with Gasteiger partial charge in [0, 0.05) is 6.61 Å². The fraction of sp³-hybridized carbons (Fsp3) is 1.00. The van der Waals surface area contributed by atoms with Crippen LogP contribution in [-0.4, -0.2) is 20.8 Å². The summed E-state index contributed by atoms with van der Waals surface area (Å²) in [6.07, 6.45) is 5.82. The third kappa shape index (κ3) is 8.28. The minimum Gasteiger partial charge on any atom is -0.395 e. The van der Waals surface area contributed by atoms with Crippen LogP contribution in [0.5, 0.6) is 0 Å². The summed E-state index contributed by atoms with van der Waals surface area (Å²) >= 11 is 0. The van der Waals surface area contributed by atoms with Gasteiger partial charge in [-0.2, -0.15) is 0 Å². The second-order valence-electron chi connectivity index (χ2n) is 6.44. The van der Waals surface area contributed by atoms with E-state index in [-0.39, 0.29) is 5.60 Å². The van der Waals surface area contributed by atoms with E-state index >= 15 is 0 Å². The maximum atomic E-state index is 6.38. The average molecular weight is 275 g/mol. The van der Waals surface area contributed by atoms with Gasteiger partial charge in [-0.3, -0.25) is 0 Å². The van der Waals surface area contributed by atoms with Crippen LogP contribution in [0, 0.1) is 5.92 Å². The number of hydrogen-bond donors (Lipinski definition) is 0. The zero-order valence-electron chi connectivity index (χ0n) is 13.6. The molecule has 1 unspecified atom stereocenters. The fourth-order valence-corrected chi connectivity index (χ4v) is 4.34. The van der Waals surface area contributed by atoms with Crippen molar-refractivity contribution in [3.8, 4) is 0 Å². The van der Waals surface area contributed by atoms with E-state index in [1.807, 2.05) is 0 Å². The molecule has 0 radical (unpaired) electrons. The standard InChI is InChI=1S/C15H34O2Si/c1-8-13-16-18(6,7)17-15(5,9-2)12-10-11-14(3)4/h14H,8-13H2,1-7H3. The molecule has 18 heavy (non-hydrogen) atoms. The summed E-state index contributed by atoms with van der Waals surface area (Å²) in [6, 6.07) is 0. The zero-order valence-corrected chi connectivity index (χ0v) is 14.6. The molecule has 0 spiro atoms. The van der Waals surface area contributed by atoms with Crippen LogP contribution in [0.25, 0.3) is 0 Å². The van der Waals surface area contributed by atoms with Gasteiger partial charge in [-0.15, -0.1) is 0 Å². The first kappa shape index (κ1) is 18.1. The van der Waals surface area contributed by atoms with Crippen LogP contribution >= 0.6 is 0 Å². The largest absolute Gasteiger partial charge is 0.395 e. The quantitative estimate of drug-likeness (QED) is 0.514. The molecule has 1 atom stereocenters. The van der Waals surface area contributed by atoms with E-state index in [1.54, 1.807) is 0 Å². The first-order valence-corrected chi connectivity index (χ1v) is 10.4. The van der Waals surface area contributed by atoms with Crippen molar-refractivity contribution in [3.63, 3.8) is 0 Å². The van der Waals surface area contributed by atoms with E-state index in [2.05, 4.69) is 47.7 Å². The predicted octanol–water partition coefficient (Wildman–Crippen LogP) is 5.13. The van der Waals surface area contributed by atoms with Gasteiger partial charge in [0.1, 0.15) is 0 Å². The molecule has 110 valence electrons. The lowest BCUT2D eigenvalue weighted by molar-refractivity contribution is 0.0261. The van der Waals surface area contributed by atoms with Crippen LogP contribution in [-0.2, 0) is 8.85 Å². The van der Waals surface area contributed by atoms with Crippen molar-refractivity contribution >= 4 is 8.56 Å². The van der Waals surface area contributed by atoms with E-state index < -0.39 is 8.56 Å². The van der Waals surface area contributed by atoms with E-state index in [0.29, 0.717) is 0 Å². The molecule has 0 saturated carbocycles. The van der Waals surface area contributed by atoms with Crippen molar-refractivity contribution in [1.82, 2.24) is 0 Å². The topological polar surface area (TPSA) is 18.5 Å². The van der Waals surface area contributed by atoms with Gasteiger partial charge in [0.25, 0.3) is 0 Å². The van der Waals surface area contributed by atoms with Gasteiger partial charge < -0.3 is 8.85 Å². The van der Waals surface area contributed by atoms with Crippen LogP contribution in [0.15, 0.2) is 0 Å². The summed E-state index contributed by atoms with van der Waals surface area (Å²) in [4.78, 5) is 0. The van der Waals surface area contributed by atoms with Gasteiger partial charge in [0.05, 0.1) is 5.60 Å². The molecule has 0 saturated heterocycles. The lowest BCUT2D eigenvalue weighted by atomic mass is 9.94. The fourth-order valence-electron chi connectivity index (χ4n) is 2.15. The Morgan fingerprint density at radius 3 is 2.22 bits per heavy atom. The SMILES string of the molecule is CCCO[Si](C)(C)OC(C)(CC)CCCC(C)C. The average Bonchev–Trinajstić information content (AvgIpc) is 2.25. The lowest BCUT2D eigenvalue weighted by Crippen LogP contribution is -2.45. The Kier molecular flexibility index (Phi) is 8.40. The first-order chi connectivity index (χ1) is 8.24. The summed E-state index contributed by atoms with van der Waals surface area (Å²) in [6.45, 7) is 16.3. The van der Waals surface area contributed by atoms with Crippen LogP contribution in [0.2, 0.25) is 13.1 Å². The third-order valence-corrected chi connectivity index (χ3v) is 5.26. The van der Waals surface area contributed by atoms with Gasteiger partial charge in [0.15, 0.2) is 0 Å². The van der Waals surface area contributed by atoms with E-state index in [0.717, 1.165) is 31.8 Å². The highest BCUT2D eigenvalue weighted by atomic mass is 28.4. The molecular formula is C15H34O2Si. The Balaban J connectivity index is 4.27. The van der Waals surface area contributed by atoms with Gasteiger partial charge in [0.2, 0.25) is 0 Å². The maximum absolute atomic E-state index is 6.38. The molecule has 0 fully saturated rings. The molecule has 0 aliphatic carbocycles. The summed E-state index contributed by atoms with van der Waals surface area (Å²) in [7, 11) is -1.96. The minimum atomic E-state index is -1.96. The molecule has 3 heteroatoms. The van der Waals surface area contributed by atoms with Crippen LogP contribution in [0.4, 0.5) is 0 Å². The Hall–Kier alpha value is 0.137. The van der Waals surface area contributed by atoms with E-state index in [1.165, 1.54) is 12.8 Å². The molecule has 0 bridgehead atoms. The number of hydrogen-bond acceptors (Lipinski definition) is 2. The maximum Gasteiger partial charge on any atom is 0.332 e. The highest BCUT2D eigenvalue weighted by molar-refractivity contribution is 6.64. The second kappa shape index (κ2) is 8.34. The molecule has 0 aromatic carbocycles. The Morgan fingerprint density at radius 1 is 1.17 bits per heavy atom. The summed E-state index contributed by atoms with van der Waals surface area (Å²) in [5.74, 6) is 0.785. The highest BCUT2D eigenvalue weighted by Crippen LogP contribution is 2.28. The molecule has 0 N–H and O–H groups in total. The predicted molar refractivity (Wildman–Crippen MR) is 82.2 cm³/mol. The van der Waals surface area contributed by atoms with Crippen LogP contribution in [0.1, 0.15) is 66.7 Å². The first-order valence-electron chi connectivity index (χ1n) is 7.59. The molecule has 0 aromatic heterocycles. The highest BCUT2D eigenvalue weighted by Gasteiger charge is 2.34. The molecule has 0 aromatic rings. The smallest absolute Gasteiger partial charge is 0.332 e. The molecular weight excluding hydrogens is 240 g/mol. The Morgan fingerprint density at radius 2 is 1.78 bits per heavy atom. The molecule has 0 rings (SSSR count). The molecule has 0 aliphatic rings. The van der Waals surface area contributed by atoms with Gasteiger partial charge in [-0.05, 0) is 45.2 Å². The molecule has 0 heterocycles. The second-order valence-corrected chi connectivity index (χ2v) is 9.73. The van der Waals surface area contributed by atoms with Gasteiger partial charge in [-0.25, -0.2) is 0 Å². The molecule has 0 aliphatic heterocycles. The minimum absolute atomic E-state index is 0.00163. The van der Waals surface area contributed by atoms with Crippen molar-refractivity contribution in [3.05, 3.63) is 0 Å². The van der Waals surface area contributed by atoms with Crippen LogP contribution in [0.3, 0.4) is 0 Å². The molecule has 2 nitrogen and oxygen atoms in total. The van der Waals surface area contributed by atoms with Crippen molar-refractivity contribution < 1.29 is 8.85 Å². The van der Waals surface area contributed by atoms with Gasteiger partial charge >= 0.3 is 8.56 Å². The lowest BCUT2D eigenvalue weighted by Gasteiger charge is -2.37. The van der Waals surface area contributed by atoms with Crippen molar-refractivity contribution in [1.29, 1.82) is 0 Å². The van der Waals surface area contributed by atoms with E-state index in [9.17, 15) is 0 Å².